The van der Waals surface area contributed by atoms with E-state index in [9.17, 15) is 0 Å². The van der Waals surface area contributed by atoms with Gasteiger partial charge in [-0.1, -0.05) is 25.8 Å². The molecule has 0 radical (unpaired) electrons. The summed E-state index contributed by atoms with van der Waals surface area (Å²) in [6, 6.07) is 0.514. The molecular formula is C12H21N3. The van der Waals surface area contributed by atoms with Crippen LogP contribution in [0.4, 0.5) is 5.95 Å². The molecule has 1 rings (SSSR count). The number of nitrogens with zero attached hydrogens (tertiary/aromatic N) is 2. The van der Waals surface area contributed by atoms with Gasteiger partial charge >= 0.3 is 0 Å². The maximum absolute atomic E-state index is 4.29. The van der Waals surface area contributed by atoms with Gasteiger partial charge < -0.3 is 9.88 Å². The molecular weight excluding hydrogens is 186 g/mol. The molecule has 15 heavy (non-hydrogen) atoms. The fraction of sp³-hybridized carbons (Fsp3) is 0.583. The molecule has 0 aromatic carbocycles. The highest BCUT2D eigenvalue weighted by molar-refractivity contribution is 5.27. The molecule has 1 atom stereocenters. The van der Waals surface area contributed by atoms with E-state index < -0.39 is 0 Å². The summed E-state index contributed by atoms with van der Waals surface area (Å²) in [4.78, 5) is 4.29. The predicted octanol–water partition coefficient (Wildman–Crippen LogP) is 3.23. The molecule has 0 aliphatic rings. The first-order chi connectivity index (χ1) is 7.29. The van der Waals surface area contributed by atoms with E-state index in [1.807, 2.05) is 18.5 Å². The van der Waals surface area contributed by atoms with Gasteiger partial charge in [0.25, 0.3) is 0 Å². The molecule has 1 aromatic heterocycles. The lowest BCUT2D eigenvalue weighted by atomic mass is 10.1. The summed E-state index contributed by atoms with van der Waals surface area (Å²) >= 11 is 0. The summed E-state index contributed by atoms with van der Waals surface area (Å²) in [5.41, 5.74) is 0. The minimum Gasteiger partial charge on any atom is -0.352 e. The zero-order valence-electron chi connectivity index (χ0n) is 9.74. The third-order valence-electron chi connectivity index (χ3n) is 2.52. The monoisotopic (exact) mass is 207 g/mol. The van der Waals surface area contributed by atoms with Crippen molar-refractivity contribution in [2.24, 2.45) is 0 Å². The summed E-state index contributed by atoms with van der Waals surface area (Å²) < 4.78 is 2.19. The number of hydrogen-bond donors (Lipinski definition) is 1. The van der Waals surface area contributed by atoms with Crippen molar-refractivity contribution in [3.63, 3.8) is 0 Å². The largest absolute Gasteiger partial charge is 0.352 e. The Hall–Kier alpha value is -1.25. The Balaban J connectivity index is 2.58. The molecule has 1 N–H and O–H groups in total. The van der Waals surface area contributed by atoms with Crippen LogP contribution in [0.5, 0.6) is 0 Å². The predicted molar refractivity (Wildman–Crippen MR) is 65.1 cm³/mol. The van der Waals surface area contributed by atoms with Gasteiger partial charge in [-0.3, -0.25) is 0 Å². The lowest BCUT2D eigenvalue weighted by Crippen LogP contribution is -2.10. The second kappa shape index (κ2) is 6.27. The first-order valence-corrected chi connectivity index (χ1v) is 5.67. The molecule has 0 aliphatic carbocycles. The van der Waals surface area contributed by atoms with Crippen LogP contribution >= 0.6 is 0 Å². The second-order valence-corrected chi connectivity index (χ2v) is 3.82. The number of anilines is 1. The highest BCUT2D eigenvalue weighted by Gasteiger charge is 2.08. The number of rotatable bonds is 7. The maximum Gasteiger partial charge on any atom is 0.203 e. The third kappa shape index (κ3) is 3.42. The van der Waals surface area contributed by atoms with Crippen LogP contribution < -0.4 is 5.32 Å². The molecule has 3 nitrogen and oxygen atoms in total. The van der Waals surface area contributed by atoms with Gasteiger partial charge in [-0.05, 0) is 13.3 Å². The Bertz CT molecular complexity index is 291. The van der Waals surface area contributed by atoms with Crippen LogP contribution in [0, 0.1) is 0 Å². The first-order valence-electron chi connectivity index (χ1n) is 5.67. The second-order valence-electron chi connectivity index (χ2n) is 3.82. The van der Waals surface area contributed by atoms with Crippen molar-refractivity contribution in [1.82, 2.24) is 9.55 Å². The minimum atomic E-state index is 0.514. The van der Waals surface area contributed by atoms with Crippen LogP contribution in [0.25, 0.3) is 0 Å². The van der Waals surface area contributed by atoms with Crippen molar-refractivity contribution >= 4 is 5.95 Å². The number of hydrogen-bond acceptors (Lipinski definition) is 2. The van der Waals surface area contributed by atoms with Gasteiger partial charge in [0.15, 0.2) is 0 Å². The molecule has 0 aliphatic heterocycles. The first kappa shape index (κ1) is 11.8. The summed E-state index contributed by atoms with van der Waals surface area (Å²) in [5, 5.41) is 3.23. The molecule has 0 spiro atoms. The average Bonchev–Trinajstić information content (AvgIpc) is 2.71. The van der Waals surface area contributed by atoms with Gasteiger partial charge in [0.2, 0.25) is 5.95 Å². The van der Waals surface area contributed by atoms with E-state index in [0.29, 0.717) is 6.04 Å². The van der Waals surface area contributed by atoms with Crippen LogP contribution in [0.2, 0.25) is 0 Å². The normalized spacial score (nSPS) is 12.4. The summed E-state index contributed by atoms with van der Waals surface area (Å²) in [6.45, 7) is 8.90. The van der Waals surface area contributed by atoms with Crippen molar-refractivity contribution in [3.05, 3.63) is 25.0 Å². The Morgan fingerprint density at radius 1 is 1.67 bits per heavy atom. The highest BCUT2D eigenvalue weighted by Crippen LogP contribution is 2.18. The van der Waals surface area contributed by atoms with Crippen LogP contribution in [-0.4, -0.2) is 16.1 Å². The van der Waals surface area contributed by atoms with Crippen LogP contribution in [0.1, 0.15) is 39.2 Å². The Kier molecular flexibility index (Phi) is 4.95. The number of nitrogens with one attached hydrogen (secondary N) is 1. The van der Waals surface area contributed by atoms with Crippen molar-refractivity contribution in [2.75, 3.05) is 11.9 Å². The van der Waals surface area contributed by atoms with E-state index in [0.717, 1.165) is 12.5 Å². The fourth-order valence-corrected chi connectivity index (χ4v) is 1.61. The fourth-order valence-electron chi connectivity index (χ4n) is 1.61. The molecule has 1 aromatic rings. The van der Waals surface area contributed by atoms with Gasteiger partial charge in [-0.25, -0.2) is 4.98 Å². The molecule has 0 saturated carbocycles. The summed E-state index contributed by atoms with van der Waals surface area (Å²) in [6.07, 6.45) is 9.43. The zero-order valence-corrected chi connectivity index (χ0v) is 9.74. The Labute approximate surface area is 92.2 Å². The van der Waals surface area contributed by atoms with E-state index in [-0.39, 0.29) is 0 Å². The lowest BCUT2D eigenvalue weighted by molar-refractivity contribution is 0.489. The number of imidazole rings is 1. The van der Waals surface area contributed by atoms with Crippen LogP contribution in [-0.2, 0) is 0 Å². The SMILES string of the molecule is C=CCNc1nccn1C(C)CCCC. The molecule has 0 amide bonds. The highest BCUT2D eigenvalue weighted by atomic mass is 15.2. The topological polar surface area (TPSA) is 29.9 Å². The molecule has 3 heteroatoms. The average molecular weight is 207 g/mol. The quantitative estimate of drug-likeness (QED) is 0.696. The molecule has 0 bridgehead atoms. The molecule has 84 valence electrons. The van der Waals surface area contributed by atoms with E-state index in [4.69, 9.17) is 0 Å². The zero-order chi connectivity index (χ0) is 11.1. The standard InChI is InChI=1S/C12H21N3/c1-4-6-7-11(3)15-10-9-14-12(15)13-8-5-2/h5,9-11H,2,4,6-8H2,1,3H3,(H,13,14). The van der Waals surface area contributed by atoms with E-state index in [2.05, 4.69) is 35.3 Å². The minimum absolute atomic E-state index is 0.514. The van der Waals surface area contributed by atoms with Gasteiger partial charge in [-0.2, -0.15) is 0 Å². The van der Waals surface area contributed by atoms with Gasteiger partial charge in [0.1, 0.15) is 0 Å². The van der Waals surface area contributed by atoms with Crippen LogP contribution in [0.15, 0.2) is 25.0 Å². The van der Waals surface area contributed by atoms with E-state index >= 15 is 0 Å². The molecule has 1 unspecified atom stereocenters. The Morgan fingerprint density at radius 2 is 2.47 bits per heavy atom. The third-order valence-corrected chi connectivity index (χ3v) is 2.52. The Morgan fingerprint density at radius 3 is 3.13 bits per heavy atom. The molecule has 0 fully saturated rings. The molecule has 0 saturated heterocycles. The van der Waals surface area contributed by atoms with Crippen molar-refractivity contribution in [2.45, 2.75) is 39.2 Å². The van der Waals surface area contributed by atoms with Crippen molar-refractivity contribution in [3.8, 4) is 0 Å². The van der Waals surface area contributed by atoms with Crippen LogP contribution in [0.3, 0.4) is 0 Å². The van der Waals surface area contributed by atoms with Crippen molar-refractivity contribution in [1.29, 1.82) is 0 Å². The summed E-state index contributed by atoms with van der Waals surface area (Å²) in [7, 11) is 0. The number of unbranched alkanes of at least 4 members (excludes halogenated alkanes) is 1. The lowest BCUT2D eigenvalue weighted by Gasteiger charge is -2.16. The number of aromatic nitrogens is 2. The van der Waals surface area contributed by atoms with E-state index in [1.165, 1.54) is 19.3 Å². The maximum atomic E-state index is 4.29. The molecule has 1 heterocycles. The smallest absolute Gasteiger partial charge is 0.203 e. The summed E-state index contributed by atoms with van der Waals surface area (Å²) in [5.74, 6) is 0.943. The van der Waals surface area contributed by atoms with E-state index in [1.54, 1.807) is 0 Å². The van der Waals surface area contributed by atoms with Crippen molar-refractivity contribution < 1.29 is 0 Å². The van der Waals surface area contributed by atoms with Gasteiger partial charge in [-0.15, -0.1) is 6.58 Å². The van der Waals surface area contributed by atoms with Gasteiger partial charge in [0, 0.05) is 25.0 Å². The van der Waals surface area contributed by atoms with Gasteiger partial charge in [0.05, 0.1) is 0 Å².